The molecule has 8 heteroatoms. The predicted octanol–water partition coefficient (Wildman–Crippen LogP) is 6.19. The summed E-state index contributed by atoms with van der Waals surface area (Å²) in [5.41, 5.74) is 5.42. The van der Waals surface area contributed by atoms with Crippen molar-refractivity contribution in [1.82, 2.24) is 5.32 Å². The van der Waals surface area contributed by atoms with Crippen LogP contribution < -0.4 is 10.2 Å². The molecular weight excluding hydrogens is 476 g/mol. The van der Waals surface area contributed by atoms with E-state index in [9.17, 15) is 14.7 Å². The number of fused-ring (bicyclic) bond motifs is 1. The minimum absolute atomic E-state index is 0.327. The van der Waals surface area contributed by atoms with Crippen molar-refractivity contribution in [2.24, 2.45) is 0 Å². The number of carbonyl (C=O) groups excluding carboxylic acids is 2. The molecule has 36 heavy (non-hydrogen) atoms. The molecule has 0 unspecified atom stereocenters. The Morgan fingerprint density at radius 1 is 1.03 bits per heavy atom. The molecule has 5 rings (SSSR count). The summed E-state index contributed by atoms with van der Waals surface area (Å²) in [6.45, 7) is 10.3. The fourth-order valence-corrected chi connectivity index (χ4v) is 5.94. The molecule has 2 saturated heterocycles. The number of carbonyl (C=O) groups is 2. The number of rotatable bonds is 5. The van der Waals surface area contributed by atoms with Gasteiger partial charge in [-0.2, -0.15) is 0 Å². The molecule has 2 aliphatic rings. The van der Waals surface area contributed by atoms with E-state index in [0.29, 0.717) is 21.8 Å². The van der Waals surface area contributed by atoms with Crippen molar-refractivity contribution >= 4 is 40.0 Å². The SMILES string of the molecule is Cc1oc2c(C)c(C)c(O)c(C)c2c1C[N+]1(Oc2ccc(C=C3SC(=O)NC3=O)cc2)CCCCC1. The molecule has 7 nitrogen and oxygen atoms in total. The van der Waals surface area contributed by atoms with Crippen molar-refractivity contribution < 1.29 is 28.6 Å². The van der Waals surface area contributed by atoms with Crippen LogP contribution in [0.2, 0.25) is 0 Å². The van der Waals surface area contributed by atoms with E-state index in [1.807, 2.05) is 52.0 Å². The van der Waals surface area contributed by atoms with Crippen molar-refractivity contribution in [2.45, 2.75) is 53.5 Å². The van der Waals surface area contributed by atoms with Gasteiger partial charge in [0.05, 0.1) is 10.5 Å². The molecule has 2 fully saturated rings. The lowest BCUT2D eigenvalue weighted by atomic mass is 9.97. The molecule has 2 aliphatic heterocycles. The summed E-state index contributed by atoms with van der Waals surface area (Å²) in [6.07, 6.45) is 5.03. The van der Waals surface area contributed by atoms with E-state index >= 15 is 0 Å². The maximum Gasteiger partial charge on any atom is 0.290 e. The Labute approximate surface area is 214 Å². The van der Waals surface area contributed by atoms with Crippen LogP contribution in [0.25, 0.3) is 17.0 Å². The number of aryl methyl sites for hydroxylation is 3. The number of hydroxylamine groups is 3. The molecule has 3 heterocycles. The average Bonchev–Trinajstić information content (AvgIpc) is 3.35. The topological polar surface area (TPSA) is 88.8 Å². The highest BCUT2D eigenvalue weighted by Crippen LogP contribution is 2.40. The second kappa shape index (κ2) is 9.33. The van der Waals surface area contributed by atoms with Gasteiger partial charge < -0.3 is 14.4 Å². The second-order valence-corrected chi connectivity index (χ2v) is 10.8. The molecule has 0 aliphatic carbocycles. The normalized spacial score (nSPS) is 18.7. The number of benzene rings is 2. The highest BCUT2D eigenvalue weighted by Gasteiger charge is 2.37. The maximum atomic E-state index is 11.8. The van der Waals surface area contributed by atoms with Crippen molar-refractivity contribution in [3.63, 3.8) is 0 Å². The van der Waals surface area contributed by atoms with E-state index < -0.39 is 0 Å². The van der Waals surface area contributed by atoms with Gasteiger partial charge in [-0.15, -0.1) is 4.65 Å². The van der Waals surface area contributed by atoms with E-state index in [1.54, 1.807) is 6.08 Å². The molecule has 1 aromatic heterocycles. The Morgan fingerprint density at radius 3 is 2.36 bits per heavy atom. The quantitative estimate of drug-likeness (QED) is 0.316. The lowest BCUT2D eigenvalue weighted by Crippen LogP contribution is -2.53. The van der Waals surface area contributed by atoms with E-state index in [-0.39, 0.29) is 11.1 Å². The number of aromatic hydroxyl groups is 1. The molecule has 188 valence electrons. The van der Waals surface area contributed by atoms with Gasteiger partial charge in [-0.25, -0.2) is 0 Å². The Morgan fingerprint density at radius 2 is 1.72 bits per heavy atom. The highest BCUT2D eigenvalue weighted by molar-refractivity contribution is 8.18. The number of quaternary nitrogens is 1. The smallest absolute Gasteiger partial charge is 0.290 e. The van der Waals surface area contributed by atoms with Gasteiger partial charge >= 0.3 is 0 Å². The fraction of sp³-hybridized carbons (Fsp3) is 0.357. The standard InChI is InChI=1S/C28H30N2O5S/c1-16-17(2)26-24(18(3)25(16)31)22(19(4)34-26)15-30(12-6-5-7-13-30)35-21-10-8-20(9-11-21)14-23-27(32)29-28(33)36-23/h8-11,14H,5-7,12-13,15H2,1-4H3,(H-,29,31,32,33)/p+1. The lowest BCUT2D eigenvalue weighted by molar-refractivity contribution is -1.09. The number of imide groups is 1. The number of hydrogen-bond donors (Lipinski definition) is 2. The monoisotopic (exact) mass is 507 g/mol. The minimum atomic E-state index is -0.363. The summed E-state index contributed by atoms with van der Waals surface area (Å²) in [7, 11) is 0. The zero-order chi connectivity index (χ0) is 25.6. The van der Waals surface area contributed by atoms with Crippen molar-refractivity contribution in [3.8, 4) is 11.5 Å². The molecule has 2 amide bonds. The fourth-order valence-electron chi connectivity index (χ4n) is 5.26. The number of piperidine rings is 1. The van der Waals surface area contributed by atoms with Crippen LogP contribution >= 0.6 is 11.8 Å². The van der Waals surface area contributed by atoms with Gasteiger partial charge in [0.2, 0.25) is 0 Å². The number of amides is 2. The largest absolute Gasteiger partial charge is 0.507 e. The number of likely N-dealkylation sites (tertiary alicyclic amines) is 1. The van der Waals surface area contributed by atoms with Gasteiger partial charge in [0.1, 0.15) is 36.7 Å². The zero-order valence-corrected chi connectivity index (χ0v) is 21.9. The number of thioether (sulfide) groups is 1. The summed E-state index contributed by atoms with van der Waals surface area (Å²) < 4.78 is 6.69. The Hall–Kier alpha value is -3.23. The summed E-state index contributed by atoms with van der Waals surface area (Å²) in [5.74, 6) is 1.57. The minimum Gasteiger partial charge on any atom is -0.507 e. The summed E-state index contributed by atoms with van der Waals surface area (Å²) in [5, 5.41) is 13.7. The average molecular weight is 508 g/mol. The van der Waals surface area contributed by atoms with E-state index in [1.165, 1.54) is 6.42 Å². The van der Waals surface area contributed by atoms with Gasteiger partial charge in [0.15, 0.2) is 5.75 Å². The van der Waals surface area contributed by atoms with Crippen LogP contribution in [-0.4, -0.2) is 34.0 Å². The second-order valence-electron chi connectivity index (χ2n) is 9.80. The van der Waals surface area contributed by atoms with Gasteiger partial charge in [-0.3, -0.25) is 14.9 Å². The van der Waals surface area contributed by atoms with E-state index in [0.717, 1.165) is 88.0 Å². The number of hydrogen-bond acceptors (Lipinski definition) is 6. The first-order chi connectivity index (χ1) is 17.2. The maximum absolute atomic E-state index is 11.8. The Bertz CT molecular complexity index is 1400. The molecule has 0 atom stereocenters. The van der Waals surface area contributed by atoms with Crippen LogP contribution in [0, 0.1) is 27.7 Å². The van der Waals surface area contributed by atoms with Crippen LogP contribution in [0.5, 0.6) is 11.5 Å². The summed E-state index contributed by atoms with van der Waals surface area (Å²) in [6, 6.07) is 7.61. The van der Waals surface area contributed by atoms with Crippen LogP contribution in [0.3, 0.4) is 0 Å². The van der Waals surface area contributed by atoms with Gasteiger partial charge in [-0.1, -0.05) is 12.1 Å². The Balaban J connectivity index is 1.46. The molecule has 2 aromatic carbocycles. The number of phenolic OH excluding ortho intramolecular Hbond substituents is 1. The zero-order valence-electron chi connectivity index (χ0n) is 21.1. The molecule has 3 aromatic rings. The third kappa shape index (κ3) is 4.40. The number of phenols is 1. The molecule has 0 bridgehead atoms. The van der Waals surface area contributed by atoms with E-state index in [4.69, 9.17) is 9.25 Å². The number of furan rings is 1. The number of nitrogens with zero attached hydrogens (tertiary/aromatic N) is 1. The van der Waals surface area contributed by atoms with Gasteiger partial charge in [0, 0.05) is 23.8 Å². The molecule has 0 spiro atoms. The van der Waals surface area contributed by atoms with Crippen molar-refractivity contribution in [3.05, 3.63) is 62.7 Å². The van der Waals surface area contributed by atoms with Crippen LogP contribution in [0.1, 0.15) is 52.8 Å². The molecule has 0 radical (unpaired) electrons. The van der Waals surface area contributed by atoms with Crippen LogP contribution in [0.15, 0.2) is 33.6 Å². The summed E-state index contributed by atoms with van der Waals surface area (Å²) in [4.78, 5) is 30.3. The van der Waals surface area contributed by atoms with Crippen molar-refractivity contribution in [1.29, 1.82) is 0 Å². The highest BCUT2D eigenvalue weighted by atomic mass is 32.2. The molecule has 2 N–H and O–H groups in total. The number of nitrogens with one attached hydrogen (secondary N) is 1. The first-order valence-corrected chi connectivity index (χ1v) is 13.1. The third-order valence-electron chi connectivity index (χ3n) is 7.39. The van der Waals surface area contributed by atoms with Gasteiger partial charge in [0.25, 0.3) is 11.1 Å². The predicted molar refractivity (Wildman–Crippen MR) is 141 cm³/mol. The Kier molecular flexibility index (Phi) is 6.34. The molecule has 0 saturated carbocycles. The first-order valence-electron chi connectivity index (χ1n) is 12.3. The third-order valence-corrected chi connectivity index (χ3v) is 8.20. The van der Waals surface area contributed by atoms with Crippen LogP contribution in [-0.2, 0) is 11.3 Å². The van der Waals surface area contributed by atoms with Gasteiger partial charge in [-0.05, 0) is 80.8 Å². The van der Waals surface area contributed by atoms with Crippen molar-refractivity contribution in [2.75, 3.05) is 13.1 Å². The van der Waals surface area contributed by atoms with E-state index in [2.05, 4.69) is 5.32 Å². The molecular formula is C28H31N2O5S+. The lowest BCUT2D eigenvalue weighted by Gasteiger charge is -2.38. The summed E-state index contributed by atoms with van der Waals surface area (Å²) >= 11 is 0.909. The van der Waals surface area contributed by atoms with Crippen LogP contribution in [0.4, 0.5) is 4.79 Å². The first kappa shape index (κ1) is 24.5.